The smallest absolute Gasteiger partial charge is 0.162 e. The van der Waals surface area contributed by atoms with E-state index in [9.17, 15) is 0 Å². The molecule has 0 aromatic heterocycles. The zero-order valence-electron chi connectivity index (χ0n) is 14.3. The summed E-state index contributed by atoms with van der Waals surface area (Å²) >= 11 is 1.78. The van der Waals surface area contributed by atoms with Crippen LogP contribution in [-0.2, 0) is 6.54 Å². The van der Waals surface area contributed by atoms with E-state index in [4.69, 9.17) is 18.9 Å². The predicted molar refractivity (Wildman–Crippen MR) is 96.0 cm³/mol. The third-order valence-electron chi connectivity index (χ3n) is 4.04. The first-order valence-corrected chi connectivity index (χ1v) is 8.53. The monoisotopic (exact) mass is 347 g/mol. The Hall–Kier alpha value is -2.21. The largest absolute Gasteiger partial charge is 0.493 e. The van der Waals surface area contributed by atoms with Gasteiger partial charge in [-0.2, -0.15) is 0 Å². The number of fused-ring (bicyclic) bond motifs is 1. The van der Waals surface area contributed by atoms with Crippen molar-refractivity contribution in [3.63, 3.8) is 0 Å². The highest BCUT2D eigenvalue weighted by molar-refractivity contribution is 7.99. The summed E-state index contributed by atoms with van der Waals surface area (Å²) in [7, 11) is 6.61. The number of hydrogen-bond donors (Lipinski definition) is 0. The van der Waals surface area contributed by atoms with Gasteiger partial charge in [0.1, 0.15) is 0 Å². The first-order chi connectivity index (χ1) is 11.7. The molecule has 0 spiro atoms. The summed E-state index contributed by atoms with van der Waals surface area (Å²) in [4.78, 5) is 3.52. The van der Waals surface area contributed by atoms with Gasteiger partial charge in [-0.25, -0.2) is 0 Å². The van der Waals surface area contributed by atoms with E-state index in [-0.39, 0.29) is 0 Å². The highest BCUT2D eigenvalue weighted by Crippen LogP contribution is 2.41. The number of nitrogens with zero attached hydrogens (tertiary/aromatic N) is 1. The Morgan fingerprint density at radius 1 is 0.792 bits per heavy atom. The molecule has 5 nitrogen and oxygen atoms in total. The second-order valence-electron chi connectivity index (χ2n) is 5.33. The molecular formula is C18H21NO4S. The van der Waals surface area contributed by atoms with E-state index in [2.05, 4.69) is 4.90 Å². The second kappa shape index (κ2) is 7.13. The molecule has 0 amide bonds. The van der Waals surface area contributed by atoms with E-state index in [1.54, 1.807) is 40.2 Å². The number of benzene rings is 2. The number of ether oxygens (including phenoxy) is 4. The van der Waals surface area contributed by atoms with Crippen LogP contribution in [0.3, 0.4) is 0 Å². The van der Waals surface area contributed by atoms with Gasteiger partial charge in [0.05, 0.1) is 34.3 Å². The normalized spacial score (nSPS) is 13.2. The number of hydrogen-bond acceptors (Lipinski definition) is 6. The summed E-state index contributed by atoms with van der Waals surface area (Å²) < 4.78 is 21.5. The van der Waals surface area contributed by atoms with E-state index < -0.39 is 0 Å². The molecule has 24 heavy (non-hydrogen) atoms. The lowest BCUT2D eigenvalue weighted by molar-refractivity contribution is 0.353. The lowest BCUT2D eigenvalue weighted by atomic mass is 10.1. The highest BCUT2D eigenvalue weighted by Gasteiger charge is 2.21. The Bertz CT molecular complexity index is 735. The van der Waals surface area contributed by atoms with Crippen molar-refractivity contribution in [2.75, 3.05) is 39.2 Å². The zero-order valence-corrected chi connectivity index (χ0v) is 15.1. The molecule has 0 bridgehead atoms. The Morgan fingerprint density at radius 3 is 2.08 bits per heavy atom. The molecule has 6 heteroatoms. The predicted octanol–water partition coefficient (Wildman–Crippen LogP) is 3.79. The SMILES string of the molecule is COc1ccc(N2CSc3cc(OC)c(OC)cc3C2)cc1OC. The summed E-state index contributed by atoms with van der Waals surface area (Å²) in [6, 6.07) is 10.1. The number of methoxy groups -OCH3 is 4. The topological polar surface area (TPSA) is 40.2 Å². The van der Waals surface area contributed by atoms with Gasteiger partial charge in [0.15, 0.2) is 23.0 Å². The molecule has 0 N–H and O–H groups in total. The van der Waals surface area contributed by atoms with E-state index in [0.29, 0.717) is 0 Å². The highest BCUT2D eigenvalue weighted by atomic mass is 32.2. The summed E-state index contributed by atoms with van der Waals surface area (Å²) in [6.07, 6.45) is 0. The fourth-order valence-electron chi connectivity index (χ4n) is 2.75. The van der Waals surface area contributed by atoms with Crippen LogP contribution in [0.25, 0.3) is 0 Å². The summed E-state index contributed by atoms with van der Waals surface area (Å²) in [6.45, 7) is 0.804. The molecule has 2 aromatic rings. The summed E-state index contributed by atoms with van der Waals surface area (Å²) in [5.74, 6) is 3.85. The lowest BCUT2D eigenvalue weighted by Crippen LogP contribution is -2.25. The molecule has 0 radical (unpaired) electrons. The molecule has 0 saturated heterocycles. The number of rotatable bonds is 5. The minimum absolute atomic E-state index is 0.734. The summed E-state index contributed by atoms with van der Waals surface area (Å²) in [5.41, 5.74) is 2.32. The molecule has 1 aliphatic heterocycles. The van der Waals surface area contributed by atoms with Gasteiger partial charge in [-0.05, 0) is 29.8 Å². The maximum Gasteiger partial charge on any atom is 0.162 e. The fourth-order valence-corrected chi connectivity index (χ4v) is 3.78. The van der Waals surface area contributed by atoms with Gasteiger partial charge in [-0.3, -0.25) is 0 Å². The van der Waals surface area contributed by atoms with Gasteiger partial charge in [0.25, 0.3) is 0 Å². The molecule has 0 saturated carbocycles. The maximum atomic E-state index is 5.42. The first kappa shape index (κ1) is 16.6. The number of thioether (sulfide) groups is 1. The molecular weight excluding hydrogens is 326 g/mol. The van der Waals surface area contributed by atoms with Crippen LogP contribution < -0.4 is 23.8 Å². The minimum Gasteiger partial charge on any atom is -0.493 e. The Morgan fingerprint density at radius 2 is 1.42 bits per heavy atom. The molecule has 2 aromatic carbocycles. The van der Waals surface area contributed by atoms with E-state index in [1.165, 1.54) is 10.5 Å². The minimum atomic E-state index is 0.734. The molecule has 0 aliphatic carbocycles. The molecule has 1 heterocycles. The average molecular weight is 347 g/mol. The van der Waals surface area contributed by atoms with Gasteiger partial charge in [-0.1, -0.05) is 0 Å². The van der Waals surface area contributed by atoms with Crippen molar-refractivity contribution in [3.8, 4) is 23.0 Å². The van der Waals surface area contributed by atoms with Crippen LogP contribution in [0.4, 0.5) is 5.69 Å². The van der Waals surface area contributed by atoms with E-state index >= 15 is 0 Å². The Balaban J connectivity index is 1.89. The van der Waals surface area contributed by atoms with Crippen LogP contribution in [0.2, 0.25) is 0 Å². The van der Waals surface area contributed by atoms with Crippen molar-refractivity contribution < 1.29 is 18.9 Å². The van der Waals surface area contributed by atoms with Crippen molar-refractivity contribution in [1.82, 2.24) is 0 Å². The van der Waals surface area contributed by atoms with Crippen LogP contribution in [0.1, 0.15) is 5.56 Å². The third-order valence-corrected chi connectivity index (χ3v) is 5.17. The quantitative estimate of drug-likeness (QED) is 0.819. The molecule has 0 atom stereocenters. The van der Waals surface area contributed by atoms with Gasteiger partial charge < -0.3 is 23.8 Å². The zero-order chi connectivity index (χ0) is 17.1. The third kappa shape index (κ3) is 3.06. The van der Waals surface area contributed by atoms with Crippen LogP contribution in [0.15, 0.2) is 35.2 Å². The van der Waals surface area contributed by atoms with E-state index in [1.807, 2.05) is 30.3 Å². The van der Waals surface area contributed by atoms with Crippen molar-refractivity contribution in [2.45, 2.75) is 11.4 Å². The molecule has 128 valence electrons. The van der Waals surface area contributed by atoms with Crippen molar-refractivity contribution in [3.05, 3.63) is 35.9 Å². The molecule has 0 unspecified atom stereocenters. The van der Waals surface area contributed by atoms with Crippen LogP contribution >= 0.6 is 11.8 Å². The van der Waals surface area contributed by atoms with Gasteiger partial charge >= 0.3 is 0 Å². The van der Waals surface area contributed by atoms with Crippen molar-refractivity contribution in [1.29, 1.82) is 0 Å². The van der Waals surface area contributed by atoms with Crippen LogP contribution in [0, 0.1) is 0 Å². The van der Waals surface area contributed by atoms with Crippen LogP contribution in [0.5, 0.6) is 23.0 Å². The Kier molecular flexibility index (Phi) is 4.94. The molecule has 0 fully saturated rings. The Labute approximate surface area is 146 Å². The molecule has 1 aliphatic rings. The van der Waals surface area contributed by atoms with Crippen LogP contribution in [-0.4, -0.2) is 34.3 Å². The fraction of sp³-hybridized carbons (Fsp3) is 0.333. The second-order valence-corrected chi connectivity index (χ2v) is 6.31. The van der Waals surface area contributed by atoms with Gasteiger partial charge in [-0.15, -0.1) is 11.8 Å². The first-order valence-electron chi connectivity index (χ1n) is 7.54. The lowest BCUT2D eigenvalue weighted by Gasteiger charge is -2.31. The molecule has 3 rings (SSSR count). The van der Waals surface area contributed by atoms with Gasteiger partial charge in [0.2, 0.25) is 0 Å². The summed E-state index contributed by atoms with van der Waals surface area (Å²) in [5, 5.41) is 0. The standard InChI is InChI=1S/C18H21NO4S/c1-20-14-6-5-13(8-16(14)22-3)19-10-12-7-15(21-2)17(23-4)9-18(12)24-11-19/h5-9H,10-11H2,1-4H3. The van der Waals surface area contributed by atoms with Crippen molar-refractivity contribution in [2.24, 2.45) is 0 Å². The van der Waals surface area contributed by atoms with Crippen molar-refractivity contribution >= 4 is 17.4 Å². The number of anilines is 1. The van der Waals surface area contributed by atoms with Gasteiger partial charge in [0, 0.05) is 23.2 Å². The average Bonchev–Trinajstić information content (AvgIpc) is 2.65. The van der Waals surface area contributed by atoms with E-state index in [0.717, 1.165) is 41.1 Å². The maximum absolute atomic E-state index is 5.42.